The Morgan fingerprint density at radius 3 is 2.88 bits per heavy atom. The van der Waals surface area contributed by atoms with E-state index in [2.05, 4.69) is 12.1 Å². The first kappa shape index (κ1) is 10.0. The molecule has 4 heteroatoms. The third kappa shape index (κ3) is 1.68. The first-order chi connectivity index (χ1) is 8.42. The van der Waals surface area contributed by atoms with Gasteiger partial charge in [-0.15, -0.1) is 0 Å². The summed E-state index contributed by atoms with van der Waals surface area (Å²) in [5.74, 6) is 0. The first-order valence-electron chi connectivity index (χ1n) is 6.00. The summed E-state index contributed by atoms with van der Waals surface area (Å²) in [5.41, 5.74) is 1.17. The van der Waals surface area contributed by atoms with Gasteiger partial charge >= 0.3 is 0 Å². The highest BCUT2D eigenvalue weighted by Gasteiger charge is 2.62. The lowest BCUT2D eigenvalue weighted by atomic mass is 10.1. The maximum Gasteiger partial charge on any atom is 0.187 e. The van der Waals surface area contributed by atoms with Crippen LogP contribution in [0.25, 0.3) is 0 Å². The highest BCUT2D eigenvalue weighted by molar-refractivity contribution is 5.14. The van der Waals surface area contributed by atoms with Gasteiger partial charge in [-0.05, 0) is 5.56 Å². The lowest BCUT2D eigenvalue weighted by Gasteiger charge is -2.24. The smallest absolute Gasteiger partial charge is 0.187 e. The molecule has 3 aliphatic rings. The molecule has 3 fully saturated rings. The van der Waals surface area contributed by atoms with Crippen molar-refractivity contribution in [2.24, 2.45) is 0 Å². The molecule has 0 spiro atoms. The fourth-order valence-electron chi connectivity index (χ4n) is 2.58. The molecular formula is C13H14O4. The second-order valence-electron chi connectivity index (χ2n) is 4.70. The van der Waals surface area contributed by atoms with E-state index in [9.17, 15) is 0 Å². The number of hydrogen-bond donors (Lipinski definition) is 0. The van der Waals surface area contributed by atoms with Crippen LogP contribution in [-0.4, -0.2) is 37.3 Å². The summed E-state index contributed by atoms with van der Waals surface area (Å²) in [6, 6.07) is 10.1. The van der Waals surface area contributed by atoms with Crippen LogP contribution >= 0.6 is 0 Å². The standard InChI is InChI=1S/C13H14O4/c1-2-4-8(5-3-1)6-14-10-9-7-15-13(16-9)12-11(10)17-12/h1-5,9-13H,6-7H2/t9-,10+,11+,12+,13+/m0/s1. The van der Waals surface area contributed by atoms with Crippen LogP contribution in [0, 0.1) is 0 Å². The largest absolute Gasteiger partial charge is 0.368 e. The summed E-state index contributed by atoms with van der Waals surface area (Å²) in [6.07, 6.45) is 0.160. The van der Waals surface area contributed by atoms with Gasteiger partial charge in [0.25, 0.3) is 0 Å². The third-order valence-electron chi connectivity index (χ3n) is 3.54. The molecule has 90 valence electrons. The summed E-state index contributed by atoms with van der Waals surface area (Å²) in [4.78, 5) is 0. The van der Waals surface area contributed by atoms with Crippen LogP contribution in [0.4, 0.5) is 0 Å². The van der Waals surface area contributed by atoms with Crippen molar-refractivity contribution in [1.82, 2.24) is 0 Å². The molecule has 0 amide bonds. The van der Waals surface area contributed by atoms with Gasteiger partial charge in [-0.25, -0.2) is 0 Å². The van der Waals surface area contributed by atoms with Crippen molar-refractivity contribution in [2.45, 2.75) is 37.3 Å². The van der Waals surface area contributed by atoms with Crippen molar-refractivity contribution < 1.29 is 18.9 Å². The SMILES string of the molecule is c1ccc(CO[C@H]2[C@H]3O[C@H]3[C@@H]3OC[C@@H]2O3)cc1. The van der Waals surface area contributed by atoms with E-state index in [1.165, 1.54) is 5.56 Å². The minimum atomic E-state index is -0.151. The van der Waals surface area contributed by atoms with Crippen LogP contribution in [0.5, 0.6) is 0 Å². The Kier molecular flexibility index (Phi) is 2.23. The third-order valence-corrected chi connectivity index (χ3v) is 3.54. The molecule has 4 rings (SSSR count). The molecule has 0 aromatic heterocycles. The Morgan fingerprint density at radius 2 is 2.00 bits per heavy atom. The van der Waals surface area contributed by atoms with E-state index >= 15 is 0 Å². The fraction of sp³-hybridized carbons (Fsp3) is 0.538. The van der Waals surface area contributed by atoms with E-state index in [1.54, 1.807) is 0 Å². The quantitative estimate of drug-likeness (QED) is 0.734. The van der Waals surface area contributed by atoms with E-state index < -0.39 is 0 Å². The molecule has 0 saturated carbocycles. The molecule has 17 heavy (non-hydrogen) atoms. The average molecular weight is 234 g/mol. The molecule has 3 saturated heterocycles. The fourth-order valence-corrected chi connectivity index (χ4v) is 2.58. The van der Waals surface area contributed by atoms with Crippen LogP contribution in [-0.2, 0) is 25.6 Å². The predicted molar refractivity (Wildman–Crippen MR) is 58.3 cm³/mol. The van der Waals surface area contributed by atoms with Crippen molar-refractivity contribution in [3.05, 3.63) is 35.9 Å². The van der Waals surface area contributed by atoms with Crippen molar-refractivity contribution in [1.29, 1.82) is 0 Å². The van der Waals surface area contributed by atoms with E-state index in [-0.39, 0.29) is 30.7 Å². The molecule has 0 N–H and O–H groups in total. The van der Waals surface area contributed by atoms with Crippen molar-refractivity contribution in [2.75, 3.05) is 6.61 Å². The van der Waals surface area contributed by atoms with Crippen molar-refractivity contribution in [3.63, 3.8) is 0 Å². The average Bonchev–Trinajstić information content (AvgIpc) is 3.05. The minimum Gasteiger partial charge on any atom is -0.368 e. The van der Waals surface area contributed by atoms with Gasteiger partial charge in [0.15, 0.2) is 6.29 Å². The Balaban J connectivity index is 1.43. The topological polar surface area (TPSA) is 40.2 Å². The van der Waals surface area contributed by atoms with Gasteiger partial charge in [0.1, 0.15) is 24.4 Å². The van der Waals surface area contributed by atoms with Gasteiger partial charge < -0.3 is 18.9 Å². The first-order valence-corrected chi connectivity index (χ1v) is 6.00. The zero-order chi connectivity index (χ0) is 11.2. The van der Waals surface area contributed by atoms with Crippen LogP contribution in [0.1, 0.15) is 5.56 Å². The maximum atomic E-state index is 5.92. The summed E-state index contributed by atoms with van der Waals surface area (Å²) in [5, 5.41) is 0. The summed E-state index contributed by atoms with van der Waals surface area (Å²) >= 11 is 0. The monoisotopic (exact) mass is 234 g/mol. The van der Waals surface area contributed by atoms with E-state index in [0.717, 1.165) is 0 Å². The van der Waals surface area contributed by atoms with Crippen LogP contribution in [0.2, 0.25) is 0 Å². The van der Waals surface area contributed by atoms with Crippen molar-refractivity contribution in [3.8, 4) is 0 Å². The summed E-state index contributed by atoms with van der Waals surface area (Å²) in [6.45, 7) is 1.23. The Labute approximate surface area is 99.4 Å². The number of ether oxygens (including phenoxy) is 4. The van der Waals surface area contributed by atoms with Gasteiger partial charge in [0.2, 0.25) is 0 Å². The second kappa shape index (κ2) is 3.78. The Bertz CT molecular complexity index is 407. The molecule has 2 bridgehead atoms. The van der Waals surface area contributed by atoms with Crippen LogP contribution in [0.15, 0.2) is 30.3 Å². The van der Waals surface area contributed by atoms with E-state index in [4.69, 9.17) is 18.9 Å². The minimum absolute atomic E-state index is 0.0129. The van der Waals surface area contributed by atoms with Gasteiger partial charge in [0.05, 0.1) is 13.2 Å². The second-order valence-corrected chi connectivity index (χ2v) is 4.70. The lowest BCUT2D eigenvalue weighted by molar-refractivity contribution is -0.121. The molecule has 3 aliphatic heterocycles. The van der Waals surface area contributed by atoms with Crippen LogP contribution < -0.4 is 0 Å². The van der Waals surface area contributed by atoms with Crippen molar-refractivity contribution >= 4 is 0 Å². The normalized spacial score (nSPS) is 42.2. The summed E-state index contributed by atoms with van der Waals surface area (Å²) in [7, 11) is 0. The molecule has 4 nitrogen and oxygen atoms in total. The maximum absolute atomic E-state index is 5.92. The number of rotatable bonds is 3. The van der Waals surface area contributed by atoms with Gasteiger partial charge in [0, 0.05) is 0 Å². The predicted octanol–water partition coefficient (Wildman–Crippen LogP) is 1.09. The molecule has 1 aromatic rings. The molecule has 1 aromatic carbocycles. The zero-order valence-electron chi connectivity index (χ0n) is 9.32. The zero-order valence-corrected chi connectivity index (χ0v) is 9.32. The van der Waals surface area contributed by atoms with E-state index in [1.807, 2.05) is 18.2 Å². The highest BCUT2D eigenvalue weighted by atomic mass is 16.8. The number of epoxide rings is 1. The molecule has 0 aliphatic carbocycles. The molecule has 0 radical (unpaired) electrons. The molecule has 0 unspecified atom stereocenters. The lowest BCUT2D eigenvalue weighted by Crippen LogP contribution is -2.41. The summed E-state index contributed by atoms with van der Waals surface area (Å²) < 4.78 is 22.6. The number of benzene rings is 1. The molecular weight excluding hydrogens is 220 g/mol. The molecule has 5 atom stereocenters. The number of fused-ring (bicyclic) bond motifs is 4. The Morgan fingerprint density at radius 1 is 1.12 bits per heavy atom. The molecule has 3 heterocycles. The van der Waals surface area contributed by atoms with Gasteiger partial charge in [-0.2, -0.15) is 0 Å². The van der Waals surface area contributed by atoms with Crippen LogP contribution in [0.3, 0.4) is 0 Å². The van der Waals surface area contributed by atoms with Gasteiger partial charge in [-0.1, -0.05) is 30.3 Å². The Hall–Kier alpha value is -0.940. The highest BCUT2D eigenvalue weighted by Crippen LogP contribution is 2.43. The number of hydrogen-bond acceptors (Lipinski definition) is 4. The van der Waals surface area contributed by atoms with E-state index in [0.29, 0.717) is 13.2 Å². The van der Waals surface area contributed by atoms with Gasteiger partial charge in [-0.3, -0.25) is 0 Å².